The smallest absolute Gasteiger partial charge is 0.266 e. The van der Waals surface area contributed by atoms with Crippen molar-refractivity contribution in [2.75, 3.05) is 19.0 Å². The number of hydrogen-bond donors (Lipinski definition) is 1. The zero-order valence-corrected chi connectivity index (χ0v) is 18.2. The van der Waals surface area contributed by atoms with Gasteiger partial charge in [0.1, 0.15) is 18.2 Å². The van der Waals surface area contributed by atoms with E-state index >= 15 is 0 Å². The first kappa shape index (κ1) is 21.0. The first-order chi connectivity index (χ1) is 13.0. The highest BCUT2D eigenvalue weighted by atomic mass is 127. The van der Waals surface area contributed by atoms with Crippen molar-refractivity contribution in [2.45, 2.75) is 0 Å². The molecule has 5 nitrogen and oxygen atoms in total. The van der Waals surface area contributed by atoms with E-state index in [0.29, 0.717) is 33.8 Å². The molecule has 2 aromatic carbocycles. The Morgan fingerprint density at radius 2 is 2.19 bits per heavy atom. The van der Waals surface area contributed by atoms with Gasteiger partial charge in [-0.1, -0.05) is 18.7 Å². The first-order valence-corrected chi connectivity index (χ1v) is 9.65. The minimum Gasteiger partial charge on any atom is -0.493 e. The van der Waals surface area contributed by atoms with Gasteiger partial charge in [0, 0.05) is 9.26 Å². The highest BCUT2D eigenvalue weighted by Crippen LogP contribution is 2.37. The maximum absolute atomic E-state index is 12.4. The molecule has 0 radical (unpaired) electrons. The predicted molar refractivity (Wildman–Crippen MR) is 118 cm³/mol. The Morgan fingerprint density at radius 1 is 1.41 bits per heavy atom. The lowest BCUT2D eigenvalue weighted by atomic mass is 10.1. The Bertz CT molecular complexity index is 935. The van der Waals surface area contributed by atoms with Gasteiger partial charge in [0.2, 0.25) is 0 Å². The Labute approximate surface area is 179 Å². The fourth-order valence-electron chi connectivity index (χ4n) is 2.19. The van der Waals surface area contributed by atoms with Crippen LogP contribution in [0.1, 0.15) is 5.56 Å². The molecule has 7 heteroatoms. The second kappa shape index (κ2) is 10.1. The average molecular weight is 539 g/mol. The Kier molecular flexibility index (Phi) is 7.88. The van der Waals surface area contributed by atoms with Crippen LogP contribution in [0.2, 0.25) is 0 Å². The van der Waals surface area contributed by atoms with Crippen molar-refractivity contribution in [1.29, 1.82) is 5.26 Å². The molecule has 27 heavy (non-hydrogen) atoms. The van der Waals surface area contributed by atoms with Crippen molar-refractivity contribution in [3.05, 3.63) is 68.2 Å². The number of anilines is 1. The van der Waals surface area contributed by atoms with Crippen molar-refractivity contribution in [2.24, 2.45) is 0 Å². The molecule has 0 heterocycles. The van der Waals surface area contributed by atoms with Crippen molar-refractivity contribution in [3.8, 4) is 17.6 Å². The summed E-state index contributed by atoms with van der Waals surface area (Å²) in [6.07, 6.45) is 3.12. The number of rotatable bonds is 7. The molecule has 0 unspecified atom stereocenters. The van der Waals surface area contributed by atoms with Crippen LogP contribution in [0.4, 0.5) is 5.69 Å². The van der Waals surface area contributed by atoms with Crippen molar-refractivity contribution in [3.63, 3.8) is 0 Å². The Hall–Kier alpha value is -2.31. The molecule has 0 fully saturated rings. The molecular formula is C20H16BrIN2O3. The summed E-state index contributed by atoms with van der Waals surface area (Å²) >= 11 is 5.58. The number of carbonyl (C=O) groups is 1. The number of halogens is 2. The largest absolute Gasteiger partial charge is 0.493 e. The van der Waals surface area contributed by atoms with Gasteiger partial charge in [0.05, 0.1) is 11.6 Å². The molecule has 1 N–H and O–H groups in total. The van der Waals surface area contributed by atoms with Gasteiger partial charge in [0.25, 0.3) is 5.91 Å². The summed E-state index contributed by atoms with van der Waals surface area (Å²) in [5.41, 5.74) is 1.22. The molecule has 2 aromatic rings. The number of hydrogen-bond acceptors (Lipinski definition) is 4. The maximum atomic E-state index is 12.4. The van der Waals surface area contributed by atoms with E-state index in [-0.39, 0.29) is 5.57 Å². The number of ether oxygens (including phenoxy) is 2. The summed E-state index contributed by atoms with van der Waals surface area (Å²) in [6, 6.07) is 12.7. The van der Waals surface area contributed by atoms with Gasteiger partial charge < -0.3 is 14.8 Å². The van der Waals surface area contributed by atoms with E-state index in [2.05, 4.69) is 50.4 Å². The highest BCUT2D eigenvalue weighted by molar-refractivity contribution is 14.1. The van der Waals surface area contributed by atoms with Crippen LogP contribution in [0.15, 0.2) is 59.1 Å². The van der Waals surface area contributed by atoms with Crippen molar-refractivity contribution < 1.29 is 14.3 Å². The third kappa shape index (κ3) is 5.84. The minimum absolute atomic E-state index is 0.0254. The predicted octanol–water partition coefficient (Wildman–Crippen LogP) is 5.17. The number of nitriles is 1. The second-order valence-corrected chi connectivity index (χ2v) is 7.37. The van der Waals surface area contributed by atoms with E-state index in [4.69, 9.17) is 9.47 Å². The molecule has 0 aromatic heterocycles. The van der Waals surface area contributed by atoms with Crippen molar-refractivity contribution >= 4 is 56.2 Å². The SMILES string of the molecule is C=CCOc1c(Br)cc(/C=C(\C#N)C(=O)Nc2cccc(I)c2)cc1OC. The summed E-state index contributed by atoms with van der Waals surface area (Å²) in [7, 11) is 1.52. The number of methoxy groups -OCH3 is 1. The van der Waals surface area contributed by atoms with Crippen LogP contribution < -0.4 is 14.8 Å². The number of carbonyl (C=O) groups excluding carboxylic acids is 1. The Morgan fingerprint density at radius 3 is 2.81 bits per heavy atom. The molecule has 0 aliphatic carbocycles. The van der Waals surface area contributed by atoms with Crippen molar-refractivity contribution in [1.82, 2.24) is 0 Å². The normalized spacial score (nSPS) is 10.7. The lowest BCUT2D eigenvalue weighted by molar-refractivity contribution is -0.112. The summed E-state index contributed by atoms with van der Waals surface area (Å²) < 4.78 is 12.5. The molecule has 0 spiro atoms. The topological polar surface area (TPSA) is 71.3 Å². The van der Waals surface area contributed by atoms with Crippen LogP contribution in [0.5, 0.6) is 11.5 Å². The second-order valence-electron chi connectivity index (χ2n) is 5.27. The van der Waals surface area contributed by atoms with Gasteiger partial charge in [-0.15, -0.1) is 0 Å². The molecule has 0 atom stereocenters. The van der Waals surface area contributed by atoms with E-state index in [1.165, 1.54) is 13.2 Å². The molecule has 0 aliphatic heterocycles. The zero-order valence-electron chi connectivity index (χ0n) is 14.5. The number of benzene rings is 2. The van der Waals surface area contributed by atoms with Gasteiger partial charge in [-0.25, -0.2) is 0 Å². The monoisotopic (exact) mass is 538 g/mol. The lowest BCUT2D eigenvalue weighted by Gasteiger charge is -2.12. The highest BCUT2D eigenvalue weighted by Gasteiger charge is 2.14. The molecule has 1 amide bonds. The zero-order chi connectivity index (χ0) is 19.8. The van der Waals surface area contributed by atoms with Crippen LogP contribution in [0, 0.1) is 14.9 Å². The molecule has 0 saturated carbocycles. The van der Waals surface area contributed by atoms with Crippen LogP contribution in [0.3, 0.4) is 0 Å². The summed E-state index contributed by atoms with van der Waals surface area (Å²) in [5.74, 6) is 0.519. The van der Waals surface area contributed by atoms with E-state index < -0.39 is 5.91 Å². The Balaban J connectivity index is 2.31. The van der Waals surface area contributed by atoms with E-state index in [1.54, 1.807) is 24.3 Å². The summed E-state index contributed by atoms with van der Waals surface area (Å²) in [5, 5.41) is 12.1. The van der Waals surface area contributed by atoms with Crippen LogP contribution in [0.25, 0.3) is 6.08 Å². The lowest BCUT2D eigenvalue weighted by Crippen LogP contribution is -2.13. The molecule has 0 saturated heterocycles. The number of amides is 1. The minimum atomic E-state index is -0.485. The van der Waals surface area contributed by atoms with Gasteiger partial charge in [0.15, 0.2) is 11.5 Å². The number of nitrogens with zero attached hydrogens (tertiary/aromatic N) is 1. The van der Waals surface area contributed by atoms with E-state index in [9.17, 15) is 10.1 Å². The standard InChI is InChI=1S/C20H16BrIN2O3/c1-3-7-27-19-17(21)9-13(10-18(19)26-2)8-14(12-23)20(25)24-16-6-4-5-15(22)11-16/h3-6,8-11H,1,7H2,2H3,(H,24,25)/b14-8+. The van der Waals surface area contributed by atoms with E-state index in [0.717, 1.165) is 3.57 Å². The van der Waals surface area contributed by atoms with Crippen LogP contribution >= 0.6 is 38.5 Å². The molecular weight excluding hydrogens is 523 g/mol. The molecule has 0 aliphatic rings. The quantitative estimate of drug-likeness (QED) is 0.228. The van der Waals surface area contributed by atoms with E-state index in [1.807, 2.05) is 24.3 Å². The third-order valence-electron chi connectivity index (χ3n) is 3.36. The third-order valence-corrected chi connectivity index (χ3v) is 4.62. The average Bonchev–Trinajstić information content (AvgIpc) is 2.64. The summed E-state index contributed by atoms with van der Waals surface area (Å²) in [6.45, 7) is 3.94. The molecule has 138 valence electrons. The van der Waals surface area contributed by atoms with Crippen LogP contribution in [-0.2, 0) is 4.79 Å². The first-order valence-electron chi connectivity index (χ1n) is 7.78. The fourth-order valence-corrected chi connectivity index (χ4v) is 3.30. The van der Waals surface area contributed by atoms with Gasteiger partial charge in [-0.05, 0) is 80.5 Å². The van der Waals surface area contributed by atoms with Gasteiger partial charge in [-0.3, -0.25) is 4.79 Å². The molecule has 0 bridgehead atoms. The van der Waals surface area contributed by atoms with Crippen LogP contribution in [-0.4, -0.2) is 19.6 Å². The van der Waals surface area contributed by atoms with Gasteiger partial charge >= 0.3 is 0 Å². The fraction of sp³-hybridized carbons (Fsp3) is 0.100. The van der Waals surface area contributed by atoms with Gasteiger partial charge in [-0.2, -0.15) is 5.26 Å². The summed E-state index contributed by atoms with van der Waals surface area (Å²) in [4.78, 5) is 12.4. The molecule has 2 rings (SSSR count). The maximum Gasteiger partial charge on any atom is 0.266 e. The number of nitrogens with one attached hydrogen (secondary N) is 1.